The summed E-state index contributed by atoms with van der Waals surface area (Å²) in [7, 11) is 0. The average Bonchev–Trinajstić information content (AvgIpc) is 2.82. The second kappa shape index (κ2) is 9.86. The van der Waals surface area contributed by atoms with Crippen LogP contribution in [0.1, 0.15) is 34.3 Å². The van der Waals surface area contributed by atoms with Crippen molar-refractivity contribution in [3.63, 3.8) is 0 Å². The minimum Gasteiger partial charge on any atom is -0.493 e. The summed E-state index contributed by atoms with van der Waals surface area (Å²) in [5.74, 6) is 1.09. The smallest absolute Gasteiger partial charge is 0.254 e. The van der Waals surface area contributed by atoms with Crippen molar-refractivity contribution in [2.45, 2.75) is 26.7 Å². The Hall–Kier alpha value is -3.34. The summed E-state index contributed by atoms with van der Waals surface area (Å²) in [5.41, 5.74) is 2.96. The lowest BCUT2D eigenvalue weighted by atomic mass is 10.0. The Morgan fingerprint density at radius 3 is 2.19 bits per heavy atom. The maximum atomic E-state index is 13.1. The summed E-state index contributed by atoms with van der Waals surface area (Å²) < 4.78 is 5.91. The molecule has 0 atom stereocenters. The van der Waals surface area contributed by atoms with Crippen LogP contribution in [0.3, 0.4) is 0 Å². The van der Waals surface area contributed by atoms with E-state index in [0.29, 0.717) is 45.6 Å². The molecule has 1 heterocycles. The van der Waals surface area contributed by atoms with Gasteiger partial charge in [0.25, 0.3) is 5.91 Å². The van der Waals surface area contributed by atoms with Gasteiger partial charge in [-0.1, -0.05) is 54.6 Å². The number of carbonyl (C=O) groups is 2. The highest BCUT2D eigenvalue weighted by molar-refractivity contribution is 6.07. The first-order chi connectivity index (χ1) is 15.5. The average molecular weight is 431 g/mol. The zero-order valence-electron chi connectivity index (χ0n) is 18.8. The van der Waals surface area contributed by atoms with Crippen LogP contribution in [0.15, 0.2) is 60.7 Å². The van der Waals surface area contributed by atoms with Crippen LogP contribution in [-0.4, -0.2) is 54.4 Å². The minimum atomic E-state index is 0.0379. The molecule has 0 aromatic heterocycles. The third-order valence-corrected chi connectivity index (χ3v) is 6.13. The van der Waals surface area contributed by atoms with Crippen LogP contribution in [0.2, 0.25) is 0 Å². The minimum absolute atomic E-state index is 0.0379. The Bertz CT molecular complexity index is 1090. The van der Waals surface area contributed by atoms with Gasteiger partial charge in [0.05, 0.1) is 6.61 Å². The summed E-state index contributed by atoms with van der Waals surface area (Å²) in [6, 6.07) is 19.9. The second-order valence-electron chi connectivity index (χ2n) is 8.37. The van der Waals surface area contributed by atoms with Gasteiger partial charge in [-0.2, -0.15) is 0 Å². The van der Waals surface area contributed by atoms with E-state index < -0.39 is 0 Å². The van der Waals surface area contributed by atoms with Crippen molar-refractivity contribution in [2.75, 3.05) is 32.8 Å². The number of fused-ring (bicyclic) bond motifs is 1. The van der Waals surface area contributed by atoms with Crippen molar-refractivity contribution >= 4 is 22.6 Å². The fourth-order valence-corrected chi connectivity index (χ4v) is 4.32. The normalized spacial score (nSPS) is 13.9. The molecule has 0 spiro atoms. The van der Waals surface area contributed by atoms with E-state index in [1.54, 1.807) is 0 Å². The molecule has 1 aliphatic rings. The summed E-state index contributed by atoms with van der Waals surface area (Å²) in [4.78, 5) is 29.5. The van der Waals surface area contributed by atoms with Crippen LogP contribution in [0, 0.1) is 13.8 Å². The van der Waals surface area contributed by atoms with Crippen LogP contribution < -0.4 is 4.74 Å². The predicted octanol–water partition coefficient (Wildman–Crippen LogP) is 4.60. The predicted molar refractivity (Wildman–Crippen MR) is 127 cm³/mol. The largest absolute Gasteiger partial charge is 0.493 e. The Labute approximate surface area is 189 Å². The number of aryl methyl sites for hydroxylation is 2. The zero-order valence-corrected chi connectivity index (χ0v) is 18.8. The molecular weight excluding hydrogens is 400 g/mol. The van der Waals surface area contributed by atoms with Crippen molar-refractivity contribution < 1.29 is 14.3 Å². The molecule has 1 fully saturated rings. The standard InChI is InChI=1S/C27H30N2O3/c1-20-8-5-9-21(2)26(20)32-19-7-14-25(30)28-15-17-29(18-16-28)27(31)24-13-6-11-22-10-3-4-12-23(22)24/h3-6,8-13H,7,14-19H2,1-2H3. The second-order valence-corrected chi connectivity index (χ2v) is 8.37. The summed E-state index contributed by atoms with van der Waals surface area (Å²) >= 11 is 0. The highest BCUT2D eigenvalue weighted by atomic mass is 16.5. The number of amides is 2. The molecule has 5 heteroatoms. The van der Waals surface area contributed by atoms with Gasteiger partial charge in [-0.25, -0.2) is 0 Å². The number of hydrogen-bond acceptors (Lipinski definition) is 3. The van der Waals surface area contributed by atoms with Crippen molar-refractivity contribution in [3.05, 3.63) is 77.4 Å². The van der Waals surface area contributed by atoms with E-state index in [9.17, 15) is 9.59 Å². The number of carbonyl (C=O) groups excluding carboxylic acids is 2. The van der Waals surface area contributed by atoms with Crippen LogP contribution in [-0.2, 0) is 4.79 Å². The maximum absolute atomic E-state index is 13.1. The quantitative estimate of drug-likeness (QED) is 0.537. The van der Waals surface area contributed by atoms with E-state index >= 15 is 0 Å². The third kappa shape index (κ3) is 4.77. The molecule has 0 N–H and O–H groups in total. The van der Waals surface area contributed by atoms with Crippen LogP contribution in [0.5, 0.6) is 5.75 Å². The first kappa shape index (κ1) is 21.9. The number of rotatable bonds is 6. The summed E-state index contributed by atoms with van der Waals surface area (Å²) in [6.45, 7) is 6.87. The lowest BCUT2D eigenvalue weighted by Gasteiger charge is -2.35. The molecule has 0 aliphatic carbocycles. The molecule has 0 unspecified atom stereocenters. The van der Waals surface area contributed by atoms with Gasteiger partial charge in [0.1, 0.15) is 5.75 Å². The SMILES string of the molecule is Cc1cccc(C)c1OCCCC(=O)N1CCN(C(=O)c2cccc3ccccc23)CC1. The fourth-order valence-electron chi connectivity index (χ4n) is 4.32. The highest BCUT2D eigenvalue weighted by Gasteiger charge is 2.25. The lowest BCUT2D eigenvalue weighted by Crippen LogP contribution is -2.50. The van der Waals surface area contributed by atoms with E-state index in [-0.39, 0.29) is 11.8 Å². The zero-order chi connectivity index (χ0) is 22.5. The number of nitrogens with zero attached hydrogens (tertiary/aromatic N) is 2. The van der Waals surface area contributed by atoms with Crippen molar-refractivity contribution in [1.29, 1.82) is 0 Å². The molecule has 2 amide bonds. The van der Waals surface area contributed by atoms with Gasteiger partial charge in [-0.05, 0) is 48.2 Å². The van der Waals surface area contributed by atoms with Gasteiger partial charge in [0.2, 0.25) is 5.91 Å². The van der Waals surface area contributed by atoms with Gasteiger partial charge < -0.3 is 14.5 Å². The summed E-state index contributed by atoms with van der Waals surface area (Å²) in [6.07, 6.45) is 1.14. The van der Waals surface area contributed by atoms with E-state index in [2.05, 4.69) is 0 Å². The Balaban J connectivity index is 1.26. The molecule has 32 heavy (non-hydrogen) atoms. The monoisotopic (exact) mass is 430 g/mol. The summed E-state index contributed by atoms with van der Waals surface area (Å²) in [5, 5.41) is 2.04. The number of ether oxygens (including phenoxy) is 1. The molecular formula is C27H30N2O3. The Morgan fingerprint density at radius 1 is 0.812 bits per heavy atom. The van der Waals surface area contributed by atoms with Crippen LogP contribution >= 0.6 is 0 Å². The molecule has 1 saturated heterocycles. The third-order valence-electron chi connectivity index (χ3n) is 6.13. The van der Waals surface area contributed by atoms with E-state index in [1.807, 2.05) is 84.3 Å². The van der Waals surface area contributed by atoms with Crippen LogP contribution in [0.25, 0.3) is 10.8 Å². The van der Waals surface area contributed by atoms with Crippen molar-refractivity contribution in [3.8, 4) is 5.75 Å². The molecule has 3 aromatic carbocycles. The molecule has 0 bridgehead atoms. The first-order valence-corrected chi connectivity index (χ1v) is 11.3. The van der Waals surface area contributed by atoms with Gasteiger partial charge in [-0.3, -0.25) is 9.59 Å². The molecule has 0 saturated carbocycles. The number of hydrogen-bond donors (Lipinski definition) is 0. The topological polar surface area (TPSA) is 49.9 Å². The van der Waals surface area contributed by atoms with E-state index in [0.717, 1.165) is 33.2 Å². The van der Waals surface area contributed by atoms with Gasteiger partial charge in [-0.15, -0.1) is 0 Å². The molecule has 5 nitrogen and oxygen atoms in total. The van der Waals surface area contributed by atoms with Gasteiger partial charge in [0, 0.05) is 38.2 Å². The molecule has 4 rings (SSSR count). The molecule has 3 aromatic rings. The first-order valence-electron chi connectivity index (χ1n) is 11.3. The van der Waals surface area contributed by atoms with Crippen molar-refractivity contribution in [2.24, 2.45) is 0 Å². The Kier molecular flexibility index (Phi) is 6.74. The highest BCUT2D eigenvalue weighted by Crippen LogP contribution is 2.23. The fraction of sp³-hybridized carbons (Fsp3) is 0.333. The number of piperazine rings is 1. The number of benzene rings is 3. The van der Waals surface area contributed by atoms with E-state index in [4.69, 9.17) is 4.74 Å². The molecule has 1 aliphatic heterocycles. The van der Waals surface area contributed by atoms with Crippen molar-refractivity contribution in [1.82, 2.24) is 9.80 Å². The van der Waals surface area contributed by atoms with Gasteiger partial charge in [0.15, 0.2) is 0 Å². The molecule has 166 valence electrons. The van der Waals surface area contributed by atoms with Gasteiger partial charge >= 0.3 is 0 Å². The Morgan fingerprint density at radius 2 is 1.44 bits per heavy atom. The van der Waals surface area contributed by atoms with E-state index in [1.165, 1.54) is 0 Å². The maximum Gasteiger partial charge on any atom is 0.254 e. The molecule has 0 radical (unpaired) electrons. The number of para-hydroxylation sites is 1. The lowest BCUT2D eigenvalue weighted by molar-refractivity contribution is -0.132. The van der Waals surface area contributed by atoms with Crippen LogP contribution in [0.4, 0.5) is 0 Å².